The van der Waals surface area contributed by atoms with Gasteiger partial charge in [0.15, 0.2) is 5.78 Å². The van der Waals surface area contributed by atoms with Crippen LogP contribution < -0.4 is 0 Å². The van der Waals surface area contributed by atoms with Crippen LogP contribution in [0.1, 0.15) is 30.3 Å². The second-order valence-electron chi connectivity index (χ2n) is 2.83. The van der Waals surface area contributed by atoms with Crippen molar-refractivity contribution in [1.29, 1.82) is 0 Å². The van der Waals surface area contributed by atoms with E-state index < -0.39 is 0 Å². The third kappa shape index (κ3) is 3.77. The lowest BCUT2D eigenvalue weighted by Gasteiger charge is -2.01. The number of aromatic nitrogens is 1. The van der Waals surface area contributed by atoms with Gasteiger partial charge in [-0.15, -0.1) is 11.8 Å². The van der Waals surface area contributed by atoms with Crippen molar-refractivity contribution >= 4 is 37.6 Å². The van der Waals surface area contributed by atoms with Gasteiger partial charge in [-0.25, -0.2) is 0 Å². The Balaban J connectivity index is 2.76. The Hall–Kier alpha value is -0.660. The molecule has 0 aromatic carbocycles. The van der Waals surface area contributed by atoms with Crippen LogP contribution in [0.2, 0.25) is 0 Å². The first-order valence-electron chi connectivity index (χ1n) is 4.39. The van der Waals surface area contributed by atoms with Gasteiger partial charge in [0.2, 0.25) is 0 Å². The monoisotopic (exact) mass is 329 g/mol. The van der Waals surface area contributed by atoms with Crippen molar-refractivity contribution in [2.45, 2.75) is 19.8 Å². The van der Waals surface area contributed by atoms with Crippen LogP contribution in [0.15, 0.2) is 21.2 Å². The first-order chi connectivity index (χ1) is 7.15. The topological polar surface area (TPSA) is 30.0 Å². The zero-order valence-corrected chi connectivity index (χ0v) is 11.4. The van der Waals surface area contributed by atoms with Crippen molar-refractivity contribution in [1.82, 2.24) is 4.98 Å². The standard InChI is InChI=1S/C11H9Br2NO/c1-2-3-4-5-10(15)11-9(13)6-8(12)7-14-11/h6-7H,4-5H2,1H3. The van der Waals surface area contributed by atoms with Gasteiger partial charge in [-0.3, -0.25) is 9.78 Å². The van der Waals surface area contributed by atoms with E-state index >= 15 is 0 Å². The molecule has 0 saturated heterocycles. The third-order valence-electron chi connectivity index (χ3n) is 1.73. The lowest BCUT2D eigenvalue weighted by molar-refractivity contribution is 0.0978. The van der Waals surface area contributed by atoms with E-state index in [0.717, 1.165) is 4.47 Å². The van der Waals surface area contributed by atoms with Gasteiger partial charge in [-0.2, -0.15) is 0 Å². The molecule has 78 valence electrons. The van der Waals surface area contributed by atoms with Crippen molar-refractivity contribution in [3.8, 4) is 11.8 Å². The fraction of sp³-hybridized carbons (Fsp3) is 0.273. The average molecular weight is 331 g/mol. The summed E-state index contributed by atoms with van der Waals surface area (Å²) in [6.45, 7) is 1.76. The van der Waals surface area contributed by atoms with Crippen molar-refractivity contribution < 1.29 is 4.79 Å². The number of hydrogen-bond acceptors (Lipinski definition) is 2. The quantitative estimate of drug-likeness (QED) is 0.626. The minimum absolute atomic E-state index is 0.0112. The molecule has 0 aliphatic carbocycles. The van der Waals surface area contributed by atoms with Crippen LogP contribution in [-0.4, -0.2) is 10.8 Å². The Morgan fingerprint density at radius 3 is 2.87 bits per heavy atom. The summed E-state index contributed by atoms with van der Waals surface area (Å²) in [6, 6.07) is 1.81. The van der Waals surface area contributed by atoms with Crippen LogP contribution in [0, 0.1) is 11.8 Å². The fourth-order valence-corrected chi connectivity index (χ4v) is 2.25. The minimum Gasteiger partial charge on any atom is -0.292 e. The van der Waals surface area contributed by atoms with Gasteiger partial charge < -0.3 is 0 Å². The van der Waals surface area contributed by atoms with E-state index in [1.165, 1.54) is 0 Å². The number of halogens is 2. The zero-order valence-electron chi connectivity index (χ0n) is 8.18. The van der Waals surface area contributed by atoms with E-state index in [0.29, 0.717) is 23.0 Å². The summed E-state index contributed by atoms with van der Waals surface area (Å²) in [5, 5.41) is 0. The Morgan fingerprint density at radius 1 is 1.53 bits per heavy atom. The number of rotatable bonds is 3. The largest absolute Gasteiger partial charge is 0.292 e. The summed E-state index contributed by atoms with van der Waals surface area (Å²) in [5.41, 5.74) is 0.469. The number of hydrogen-bond donors (Lipinski definition) is 0. The van der Waals surface area contributed by atoms with E-state index in [-0.39, 0.29) is 5.78 Å². The van der Waals surface area contributed by atoms with Crippen LogP contribution in [0.3, 0.4) is 0 Å². The number of ketones is 1. The van der Waals surface area contributed by atoms with Gasteiger partial charge in [0, 0.05) is 28.0 Å². The summed E-state index contributed by atoms with van der Waals surface area (Å²) < 4.78 is 1.56. The Kier molecular flexibility index (Phi) is 5.00. The molecule has 0 N–H and O–H groups in total. The van der Waals surface area contributed by atoms with Crippen LogP contribution in [-0.2, 0) is 0 Å². The van der Waals surface area contributed by atoms with E-state index in [4.69, 9.17) is 0 Å². The van der Waals surface area contributed by atoms with Gasteiger partial charge >= 0.3 is 0 Å². The fourth-order valence-electron chi connectivity index (χ4n) is 1.04. The van der Waals surface area contributed by atoms with Crippen molar-refractivity contribution in [3.63, 3.8) is 0 Å². The lowest BCUT2D eigenvalue weighted by atomic mass is 10.1. The van der Waals surface area contributed by atoms with E-state index in [9.17, 15) is 4.79 Å². The minimum atomic E-state index is 0.0112. The highest BCUT2D eigenvalue weighted by molar-refractivity contribution is 9.11. The maximum absolute atomic E-state index is 11.7. The number of Topliss-reactive ketones (excluding diaryl/α,β-unsaturated/α-hetero) is 1. The number of nitrogens with zero attached hydrogens (tertiary/aromatic N) is 1. The second kappa shape index (κ2) is 6.04. The molecule has 2 nitrogen and oxygen atoms in total. The molecule has 0 saturated carbocycles. The molecule has 0 atom stereocenters. The van der Waals surface area contributed by atoms with E-state index in [1.54, 1.807) is 13.1 Å². The summed E-state index contributed by atoms with van der Waals surface area (Å²) in [4.78, 5) is 15.7. The van der Waals surface area contributed by atoms with Gasteiger partial charge in [0.25, 0.3) is 0 Å². The molecular formula is C11H9Br2NO. The van der Waals surface area contributed by atoms with E-state index in [2.05, 4.69) is 48.7 Å². The summed E-state index contributed by atoms with van der Waals surface area (Å²) in [5.74, 6) is 5.62. The first-order valence-corrected chi connectivity index (χ1v) is 5.97. The molecule has 0 bridgehead atoms. The van der Waals surface area contributed by atoms with Crippen LogP contribution in [0.25, 0.3) is 0 Å². The molecule has 1 heterocycles. The van der Waals surface area contributed by atoms with Crippen molar-refractivity contribution in [2.75, 3.05) is 0 Å². The third-order valence-corrected chi connectivity index (χ3v) is 2.76. The van der Waals surface area contributed by atoms with E-state index in [1.807, 2.05) is 6.07 Å². The molecule has 1 rings (SSSR count). The second-order valence-corrected chi connectivity index (χ2v) is 4.60. The smallest absolute Gasteiger partial charge is 0.183 e. The number of pyridine rings is 1. The highest BCUT2D eigenvalue weighted by atomic mass is 79.9. The van der Waals surface area contributed by atoms with Crippen LogP contribution in [0.5, 0.6) is 0 Å². The predicted molar refractivity (Wildman–Crippen MR) is 66.7 cm³/mol. The summed E-state index contributed by atoms with van der Waals surface area (Å²) >= 11 is 6.59. The Morgan fingerprint density at radius 2 is 2.27 bits per heavy atom. The normalized spacial score (nSPS) is 9.27. The molecule has 0 spiro atoms. The summed E-state index contributed by atoms with van der Waals surface area (Å²) in [6.07, 6.45) is 2.61. The van der Waals surface area contributed by atoms with Gasteiger partial charge in [0.05, 0.1) is 0 Å². The molecule has 0 aliphatic heterocycles. The molecule has 4 heteroatoms. The predicted octanol–water partition coefficient (Wildman–Crippen LogP) is 3.59. The molecule has 0 unspecified atom stereocenters. The molecule has 0 fully saturated rings. The van der Waals surface area contributed by atoms with Gasteiger partial charge in [-0.1, -0.05) is 0 Å². The van der Waals surface area contributed by atoms with Crippen molar-refractivity contribution in [3.05, 3.63) is 26.9 Å². The van der Waals surface area contributed by atoms with Crippen molar-refractivity contribution in [2.24, 2.45) is 0 Å². The van der Waals surface area contributed by atoms with Gasteiger partial charge in [0.1, 0.15) is 5.69 Å². The summed E-state index contributed by atoms with van der Waals surface area (Å²) in [7, 11) is 0. The van der Waals surface area contributed by atoms with Crippen LogP contribution >= 0.6 is 31.9 Å². The molecule has 0 radical (unpaired) electrons. The maximum Gasteiger partial charge on any atom is 0.183 e. The SMILES string of the molecule is CC#CCCC(=O)c1ncc(Br)cc1Br. The van der Waals surface area contributed by atoms with Crippen LogP contribution in [0.4, 0.5) is 0 Å². The molecular weight excluding hydrogens is 322 g/mol. The zero-order chi connectivity index (χ0) is 11.3. The van der Waals surface area contributed by atoms with Gasteiger partial charge in [-0.05, 0) is 44.8 Å². The maximum atomic E-state index is 11.7. The molecule has 0 aliphatic rings. The molecule has 1 aromatic heterocycles. The highest BCUT2D eigenvalue weighted by Crippen LogP contribution is 2.20. The first kappa shape index (κ1) is 12.4. The Bertz CT molecular complexity index is 432. The number of carbonyl (C=O) groups excluding carboxylic acids is 1. The highest BCUT2D eigenvalue weighted by Gasteiger charge is 2.10. The average Bonchev–Trinajstić information content (AvgIpc) is 2.17. The molecule has 15 heavy (non-hydrogen) atoms. The molecule has 1 aromatic rings. The Labute approximate surface area is 106 Å². The lowest BCUT2D eigenvalue weighted by Crippen LogP contribution is -2.02. The molecule has 0 amide bonds. The number of carbonyl (C=O) groups is 1.